The van der Waals surface area contributed by atoms with Gasteiger partial charge in [0.05, 0.1) is 18.1 Å². The van der Waals surface area contributed by atoms with Crippen molar-refractivity contribution in [3.63, 3.8) is 0 Å². The van der Waals surface area contributed by atoms with Crippen LogP contribution in [0.5, 0.6) is 0 Å². The van der Waals surface area contributed by atoms with Crippen LogP contribution in [0.2, 0.25) is 5.02 Å². The van der Waals surface area contributed by atoms with Crippen LogP contribution in [0.15, 0.2) is 53.5 Å². The molecule has 0 spiro atoms. The van der Waals surface area contributed by atoms with E-state index in [2.05, 4.69) is 15.6 Å². The van der Waals surface area contributed by atoms with Gasteiger partial charge < -0.3 is 21.5 Å². The summed E-state index contributed by atoms with van der Waals surface area (Å²) in [6.07, 6.45) is 1.38. The number of aliphatic imine (C=N–C) groups is 1. The fourth-order valence-electron chi connectivity index (χ4n) is 2.85. The molecule has 3 amide bonds. The Hall–Kier alpha value is -2.97. The zero-order valence-electron chi connectivity index (χ0n) is 16.1. The first kappa shape index (κ1) is 21.7. The van der Waals surface area contributed by atoms with Gasteiger partial charge in [-0.05, 0) is 61.2 Å². The average molecular weight is 433 g/mol. The molecule has 2 aromatic rings. The quantitative estimate of drug-likeness (QED) is 0.397. The van der Waals surface area contributed by atoms with Crippen molar-refractivity contribution in [1.29, 1.82) is 0 Å². The predicted molar refractivity (Wildman–Crippen MR) is 113 cm³/mol. The van der Waals surface area contributed by atoms with Crippen molar-refractivity contribution < 1.29 is 19.1 Å². The molecule has 0 unspecified atom stereocenters. The lowest BCUT2D eigenvalue weighted by Gasteiger charge is -2.19. The number of carbonyl (C=O) groups excluding carboxylic acids is 2. The fourth-order valence-corrected chi connectivity index (χ4v) is 2.97. The van der Waals surface area contributed by atoms with E-state index in [0.717, 1.165) is 5.56 Å². The van der Waals surface area contributed by atoms with Gasteiger partial charge in [0, 0.05) is 10.7 Å². The first-order valence-corrected chi connectivity index (χ1v) is 9.76. The molecule has 1 fully saturated rings. The average Bonchev–Trinajstić information content (AvgIpc) is 3.52. The van der Waals surface area contributed by atoms with Crippen molar-refractivity contribution in [3.05, 3.63) is 64.9 Å². The standard InChI is InChI=1S/C21H22ClFN4O3/c22-14-3-1-13(2-4-14)11-17(18(24)27-19(29)21(12-28)9-10-21)26-20(30)25-16-7-5-15(23)6-8-16/h1-8,17,28H,9-12H2,(H2,24,27,29)(H2,25,26,30)/t17-/m0/s1. The van der Waals surface area contributed by atoms with Crippen LogP contribution < -0.4 is 16.4 Å². The number of nitrogens with one attached hydrogen (secondary N) is 2. The van der Waals surface area contributed by atoms with Gasteiger partial charge in [-0.3, -0.25) is 4.79 Å². The van der Waals surface area contributed by atoms with Crippen LogP contribution in [0.1, 0.15) is 18.4 Å². The van der Waals surface area contributed by atoms with Gasteiger partial charge in [-0.2, -0.15) is 4.99 Å². The van der Waals surface area contributed by atoms with Gasteiger partial charge in [0.15, 0.2) is 0 Å². The maximum Gasteiger partial charge on any atom is 0.319 e. The number of nitrogens with zero attached hydrogens (tertiary/aromatic N) is 1. The molecule has 0 radical (unpaired) electrons. The van der Waals surface area contributed by atoms with E-state index in [1.165, 1.54) is 24.3 Å². The number of halogens is 2. The van der Waals surface area contributed by atoms with Crippen LogP contribution in [-0.4, -0.2) is 35.5 Å². The van der Waals surface area contributed by atoms with Crippen molar-refractivity contribution in [2.75, 3.05) is 11.9 Å². The van der Waals surface area contributed by atoms with Crippen LogP contribution in [0, 0.1) is 11.2 Å². The molecule has 5 N–H and O–H groups in total. The number of carbonyl (C=O) groups is 2. The van der Waals surface area contributed by atoms with Crippen LogP contribution in [-0.2, 0) is 11.2 Å². The van der Waals surface area contributed by atoms with Gasteiger partial charge in [0.1, 0.15) is 11.7 Å². The fraction of sp³-hybridized carbons (Fsp3) is 0.286. The highest BCUT2D eigenvalue weighted by Crippen LogP contribution is 2.46. The van der Waals surface area contributed by atoms with E-state index in [9.17, 15) is 19.1 Å². The first-order valence-electron chi connectivity index (χ1n) is 9.38. The lowest BCUT2D eigenvalue weighted by Crippen LogP contribution is -2.48. The Morgan fingerprint density at radius 1 is 1.17 bits per heavy atom. The number of hydrogen-bond donors (Lipinski definition) is 4. The molecule has 7 nitrogen and oxygen atoms in total. The number of aliphatic hydroxyl groups is 1. The summed E-state index contributed by atoms with van der Waals surface area (Å²) in [7, 11) is 0. The largest absolute Gasteiger partial charge is 0.395 e. The van der Waals surface area contributed by atoms with Crippen LogP contribution in [0.4, 0.5) is 14.9 Å². The number of benzene rings is 2. The van der Waals surface area contributed by atoms with Crippen molar-refractivity contribution in [2.24, 2.45) is 16.1 Å². The third-order valence-electron chi connectivity index (χ3n) is 4.96. The number of hydrogen-bond acceptors (Lipinski definition) is 3. The summed E-state index contributed by atoms with van der Waals surface area (Å²) >= 11 is 5.92. The molecule has 3 rings (SSSR count). The molecule has 30 heavy (non-hydrogen) atoms. The summed E-state index contributed by atoms with van der Waals surface area (Å²) in [4.78, 5) is 28.8. The van der Waals surface area contributed by atoms with E-state index in [4.69, 9.17) is 17.3 Å². The van der Waals surface area contributed by atoms with Crippen molar-refractivity contribution in [1.82, 2.24) is 5.32 Å². The Bertz CT molecular complexity index is 944. The minimum Gasteiger partial charge on any atom is -0.395 e. The highest BCUT2D eigenvalue weighted by molar-refractivity contribution is 6.30. The van der Waals surface area contributed by atoms with Gasteiger partial charge in [0.25, 0.3) is 5.91 Å². The van der Waals surface area contributed by atoms with E-state index in [0.29, 0.717) is 23.6 Å². The highest BCUT2D eigenvalue weighted by atomic mass is 35.5. The van der Waals surface area contributed by atoms with Gasteiger partial charge in [0.2, 0.25) is 0 Å². The number of amidine groups is 1. The Kier molecular flexibility index (Phi) is 6.69. The normalized spacial score (nSPS) is 15.9. The number of aliphatic hydroxyl groups excluding tert-OH is 1. The number of urea groups is 1. The summed E-state index contributed by atoms with van der Waals surface area (Å²) in [5, 5.41) is 15.3. The second kappa shape index (κ2) is 9.23. The Morgan fingerprint density at radius 2 is 1.80 bits per heavy atom. The summed E-state index contributed by atoms with van der Waals surface area (Å²) < 4.78 is 13.0. The van der Waals surface area contributed by atoms with E-state index < -0.39 is 29.2 Å². The third kappa shape index (κ3) is 5.55. The molecule has 1 atom stereocenters. The number of anilines is 1. The lowest BCUT2D eigenvalue weighted by molar-refractivity contribution is -0.124. The molecule has 0 bridgehead atoms. The summed E-state index contributed by atoms with van der Waals surface area (Å²) in [6, 6.07) is 10.9. The monoisotopic (exact) mass is 432 g/mol. The highest BCUT2D eigenvalue weighted by Gasteiger charge is 2.49. The van der Waals surface area contributed by atoms with E-state index >= 15 is 0 Å². The van der Waals surface area contributed by atoms with Crippen molar-refractivity contribution in [2.45, 2.75) is 25.3 Å². The minimum atomic E-state index is -0.855. The van der Waals surface area contributed by atoms with Crippen molar-refractivity contribution >= 4 is 35.1 Å². The molecule has 9 heteroatoms. The Morgan fingerprint density at radius 3 is 2.37 bits per heavy atom. The van der Waals surface area contributed by atoms with E-state index in [-0.39, 0.29) is 18.9 Å². The third-order valence-corrected chi connectivity index (χ3v) is 5.21. The molecular weight excluding hydrogens is 411 g/mol. The second-order valence-corrected chi connectivity index (χ2v) is 7.71. The first-order chi connectivity index (χ1) is 14.3. The molecule has 0 saturated heterocycles. The number of rotatable bonds is 7. The molecular formula is C21H22ClFN4O3. The molecule has 0 heterocycles. The van der Waals surface area contributed by atoms with E-state index in [1.54, 1.807) is 24.3 Å². The Labute approximate surface area is 178 Å². The molecule has 0 aliphatic heterocycles. The number of amides is 3. The predicted octanol–water partition coefficient (Wildman–Crippen LogP) is 2.87. The molecule has 158 valence electrons. The van der Waals surface area contributed by atoms with Crippen LogP contribution in [0.25, 0.3) is 0 Å². The van der Waals surface area contributed by atoms with Gasteiger partial charge in [-0.25, -0.2) is 9.18 Å². The van der Waals surface area contributed by atoms with Crippen molar-refractivity contribution in [3.8, 4) is 0 Å². The SMILES string of the molecule is NC(=NC(=O)C1(CO)CC1)[C@H](Cc1ccc(Cl)cc1)NC(=O)Nc1ccc(F)cc1. The Balaban J connectivity index is 1.75. The number of nitrogens with two attached hydrogens (primary N) is 1. The second-order valence-electron chi connectivity index (χ2n) is 7.27. The zero-order chi connectivity index (χ0) is 21.7. The maximum absolute atomic E-state index is 13.0. The smallest absolute Gasteiger partial charge is 0.319 e. The summed E-state index contributed by atoms with van der Waals surface area (Å²) in [6.45, 7) is -0.289. The van der Waals surface area contributed by atoms with Gasteiger partial charge >= 0.3 is 6.03 Å². The van der Waals surface area contributed by atoms with Crippen LogP contribution >= 0.6 is 11.6 Å². The van der Waals surface area contributed by atoms with Crippen LogP contribution in [0.3, 0.4) is 0 Å². The maximum atomic E-state index is 13.0. The van der Waals surface area contributed by atoms with Gasteiger partial charge in [-0.15, -0.1) is 0 Å². The summed E-state index contributed by atoms with van der Waals surface area (Å²) in [5.41, 5.74) is 6.42. The zero-order valence-corrected chi connectivity index (χ0v) is 16.8. The molecule has 2 aromatic carbocycles. The molecule has 0 aromatic heterocycles. The van der Waals surface area contributed by atoms with E-state index in [1.807, 2.05) is 0 Å². The summed E-state index contributed by atoms with van der Waals surface area (Å²) in [5.74, 6) is -0.984. The molecule has 1 aliphatic carbocycles. The molecule has 1 saturated carbocycles. The molecule has 1 aliphatic rings. The lowest BCUT2D eigenvalue weighted by atomic mass is 10.0. The topological polar surface area (TPSA) is 117 Å². The van der Waals surface area contributed by atoms with Gasteiger partial charge in [-0.1, -0.05) is 23.7 Å². The minimum absolute atomic E-state index is 0.0658.